The van der Waals surface area contributed by atoms with Crippen LogP contribution in [0.4, 0.5) is 34.4 Å². The average molecular weight is 1630 g/mol. The van der Waals surface area contributed by atoms with E-state index in [0.717, 1.165) is 205 Å². The van der Waals surface area contributed by atoms with Crippen LogP contribution in [-0.4, -0.2) is 130 Å². The molecular formula is C97H165N17O4. The number of nitrogens with two attached hydrogens (primary N) is 2. The van der Waals surface area contributed by atoms with E-state index in [1.54, 1.807) is 12.1 Å². The zero-order valence-electron chi connectivity index (χ0n) is 78.4. The Balaban J connectivity index is 1.80. The third-order valence-corrected chi connectivity index (χ3v) is 24.9. The van der Waals surface area contributed by atoms with E-state index < -0.39 is 10.8 Å². The van der Waals surface area contributed by atoms with Gasteiger partial charge >= 0.3 is 0 Å². The van der Waals surface area contributed by atoms with Gasteiger partial charge in [0.2, 0.25) is 0 Å². The van der Waals surface area contributed by atoms with Crippen LogP contribution in [0.5, 0.6) is 0 Å². The fourth-order valence-corrected chi connectivity index (χ4v) is 16.4. The monoisotopic (exact) mass is 1630 g/mol. The maximum atomic E-state index is 15.8. The van der Waals surface area contributed by atoms with Crippen molar-refractivity contribution in [2.75, 3.05) is 63.8 Å². The Labute approximate surface area is 716 Å². The molecule has 0 spiro atoms. The quantitative estimate of drug-likeness (QED) is 0.0346. The van der Waals surface area contributed by atoms with Gasteiger partial charge in [0.1, 0.15) is 6.33 Å². The van der Waals surface area contributed by atoms with Crippen LogP contribution in [-0.2, 0) is 10.8 Å². The lowest BCUT2D eigenvalue weighted by Crippen LogP contribution is -2.39. The minimum absolute atomic E-state index is 0.0364. The van der Waals surface area contributed by atoms with E-state index in [0.29, 0.717) is 133 Å². The number of anilines is 2. The summed E-state index contributed by atoms with van der Waals surface area (Å²) in [5.41, 5.74) is 16.9. The number of aromatic nitrogens is 7. The number of nitrogen functional groups attached to an aromatic ring is 2. The van der Waals surface area contributed by atoms with Crippen LogP contribution in [0.3, 0.4) is 0 Å². The molecule has 0 saturated carbocycles. The van der Waals surface area contributed by atoms with Gasteiger partial charge < -0.3 is 31.1 Å². The summed E-state index contributed by atoms with van der Waals surface area (Å²) in [6.07, 6.45) is 34.6. The number of hydrogen-bond acceptors (Lipinski definition) is 15. The van der Waals surface area contributed by atoms with Crippen molar-refractivity contribution in [2.45, 2.75) is 369 Å². The molecular weight excluding hydrogens is 1470 g/mol. The van der Waals surface area contributed by atoms with E-state index >= 15 is 19.2 Å². The fourth-order valence-electron chi connectivity index (χ4n) is 16.4. The SMILES string of the molecule is CCCCC(CC)CN(CC(CC)CCCC)C(=O)c1ccc(C(=O)N(CC(CC)CCCC)CC(CC)CCCC)c(N=Nc2c(C(C)(C)C)nn(-c3ncnc(-n4nc(C(C)(C)C)c(N=Nc5cc(C(=O)N(CC(CC)CCCC)CC(CC)CCCC)ccc5C(=O)N(CC(CC)CCCC)CC(CC)CCCC)c4N)n3)c2N)c1. The summed E-state index contributed by atoms with van der Waals surface area (Å²) in [5.74, 6) is 2.37. The van der Waals surface area contributed by atoms with Crippen LogP contribution in [0.1, 0.15) is 411 Å². The first kappa shape index (κ1) is 101. The van der Waals surface area contributed by atoms with E-state index in [2.05, 4.69) is 140 Å². The van der Waals surface area contributed by atoms with Gasteiger partial charge in [-0.1, -0.05) is 306 Å². The van der Waals surface area contributed by atoms with E-state index in [-0.39, 0.29) is 69.9 Å². The number of benzene rings is 2. The van der Waals surface area contributed by atoms with Gasteiger partial charge in [-0.25, -0.2) is 0 Å². The van der Waals surface area contributed by atoms with Gasteiger partial charge in [-0.15, -0.1) is 20.5 Å². The zero-order valence-corrected chi connectivity index (χ0v) is 78.4. The third kappa shape index (κ3) is 30.6. The molecule has 4 N–H and O–H groups in total. The maximum Gasteiger partial charge on any atom is 0.257 e. The van der Waals surface area contributed by atoms with Crippen LogP contribution >= 0.6 is 0 Å². The van der Waals surface area contributed by atoms with Crippen molar-refractivity contribution >= 4 is 58.0 Å². The molecule has 118 heavy (non-hydrogen) atoms. The second-order valence-electron chi connectivity index (χ2n) is 36.6. The molecule has 3 heterocycles. The number of carbonyl (C=O) groups excluding carboxylic acids is 4. The first-order chi connectivity index (χ1) is 56.6. The number of unbranched alkanes of at least 4 members (excludes halogenated alkanes) is 8. The van der Waals surface area contributed by atoms with Gasteiger partial charge in [-0.2, -0.15) is 34.5 Å². The minimum atomic E-state index is -0.680. The molecule has 8 unspecified atom stereocenters. The van der Waals surface area contributed by atoms with Gasteiger partial charge in [0.05, 0.1) is 33.9 Å². The highest BCUT2D eigenvalue weighted by Crippen LogP contribution is 2.42. The van der Waals surface area contributed by atoms with Crippen molar-refractivity contribution < 1.29 is 19.2 Å². The second-order valence-corrected chi connectivity index (χ2v) is 36.6. The molecule has 0 fully saturated rings. The normalized spacial score (nSPS) is 14.2. The van der Waals surface area contributed by atoms with Crippen molar-refractivity contribution in [2.24, 2.45) is 67.8 Å². The number of azo groups is 2. The molecule has 21 heteroatoms. The molecule has 0 saturated heterocycles. The molecule has 0 radical (unpaired) electrons. The predicted molar refractivity (Wildman–Crippen MR) is 492 cm³/mol. The highest BCUT2D eigenvalue weighted by molar-refractivity contribution is 6.03. The summed E-state index contributed by atoms with van der Waals surface area (Å²) < 4.78 is 2.84. The summed E-state index contributed by atoms with van der Waals surface area (Å²) >= 11 is 0. The highest BCUT2D eigenvalue weighted by atomic mass is 16.2. The second kappa shape index (κ2) is 52.7. The van der Waals surface area contributed by atoms with Crippen molar-refractivity contribution in [3.63, 3.8) is 0 Å². The summed E-state index contributed by atoms with van der Waals surface area (Å²) in [5, 5.41) is 30.5. The molecule has 662 valence electrons. The minimum Gasteiger partial charge on any atom is -0.382 e. The molecule has 2 aromatic carbocycles. The molecule has 5 rings (SSSR count). The first-order valence-electron chi connectivity index (χ1n) is 47.4. The van der Waals surface area contributed by atoms with Crippen molar-refractivity contribution in [3.05, 3.63) is 76.4 Å². The Hall–Kier alpha value is -7.45. The molecule has 4 amide bonds. The standard InChI is InChI=1S/C97H165N17O4/c1-23-39-47-70(31-9)61-109(62-71(32-10)48-40-24-2)90(115)78-55-57-80(92(117)111(65-74(35-13)51-43-27-5)66-75(36-14)52-44-28-6)82(59-78)103-105-84-86(96(17,18)19)107-113(88(84)98)94-100-69-101-95(102-94)114-89(99)85(87(108-114)97(20,21)22)106-104-83-60-79(91(116)110(63-72(33-11)49-41-25-3)64-73(34-12)50-42-26-4)56-58-81(83)93(118)112(67-76(37-15)53-45-29-7)68-77(38-16)54-46-30-8/h55-60,69-77H,23-54,61-68,98-99H2,1-22H3. The van der Waals surface area contributed by atoms with Gasteiger partial charge in [-0.3, -0.25) is 19.2 Å². The number of amides is 4. The van der Waals surface area contributed by atoms with Crippen LogP contribution < -0.4 is 11.5 Å². The van der Waals surface area contributed by atoms with Crippen LogP contribution in [0.15, 0.2) is 63.2 Å². The predicted octanol–water partition coefficient (Wildman–Crippen LogP) is 26.3. The Morgan fingerprint density at radius 2 is 0.576 bits per heavy atom. The fraction of sp³-hybridized carbons (Fsp3) is 0.742. The molecule has 0 aliphatic carbocycles. The maximum absolute atomic E-state index is 15.8. The highest BCUT2D eigenvalue weighted by Gasteiger charge is 2.35. The Morgan fingerprint density at radius 1 is 0.347 bits per heavy atom. The smallest absolute Gasteiger partial charge is 0.257 e. The summed E-state index contributed by atoms with van der Waals surface area (Å²) in [6.45, 7) is 52.7. The molecule has 8 atom stereocenters. The number of hydrogen-bond donors (Lipinski definition) is 2. The van der Waals surface area contributed by atoms with E-state index in [1.807, 2.05) is 65.8 Å². The Morgan fingerprint density at radius 3 is 0.788 bits per heavy atom. The third-order valence-electron chi connectivity index (χ3n) is 24.9. The van der Waals surface area contributed by atoms with Gasteiger partial charge in [0.25, 0.3) is 35.5 Å². The van der Waals surface area contributed by atoms with Crippen LogP contribution in [0.2, 0.25) is 0 Å². The number of rotatable bonds is 58. The largest absolute Gasteiger partial charge is 0.382 e. The summed E-state index contributed by atoms with van der Waals surface area (Å²) in [7, 11) is 0. The van der Waals surface area contributed by atoms with Gasteiger partial charge in [0.15, 0.2) is 23.0 Å². The Kier molecular flexibility index (Phi) is 45.1. The molecule has 0 aliphatic heterocycles. The average Bonchev–Trinajstić information content (AvgIpc) is 1.61. The molecule has 3 aromatic heterocycles. The van der Waals surface area contributed by atoms with Crippen LogP contribution in [0.25, 0.3) is 11.9 Å². The van der Waals surface area contributed by atoms with E-state index in [9.17, 15) is 0 Å². The number of nitrogens with zero attached hydrogens (tertiary/aromatic N) is 15. The lowest BCUT2D eigenvalue weighted by atomic mass is 9.91. The molecule has 5 aromatic rings. The number of carbonyl (C=O) groups is 4. The first-order valence-corrected chi connectivity index (χ1v) is 47.4. The lowest BCUT2D eigenvalue weighted by Gasteiger charge is -2.32. The molecule has 0 aliphatic rings. The Bertz CT molecular complexity index is 3510. The van der Waals surface area contributed by atoms with Gasteiger partial charge in [0, 0.05) is 74.3 Å². The van der Waals surface area contributed by atoms with Crippen molar-refractivity contribution in [1.82, 2.24) is 54.1 Å². The van der Waals surface area contributed by atoms with E-state index in [4.69, 9.17) is 47.1 Å². The van der Waals surface area contributed by atoms with Crippen LogP contribution in [0, 0.1) is 47.3 Å². The van der Waals surface area contributed by atoms with Crippen molar-refractivity contribution in [3.8, 4) is 11.9 Å². The molecule has 0 bridgehead atoms. The summed E-state index contributed by atoms with van der Waals surface area (Å²) in [6, 6.07) is 10.8. The zero-order chi connectivity index (χ0) is 87.1. The van der Waals surface area contributed by atoms with Gasteiger partial charge in [-0.05, 0) is 135 Å². The topological polar surface area (TPSA) is 257 Å². The summed E-state index contributed by atoms with van der Waals surface area (Å²) in [4.78, 5) is 85.3. The lowest BCUT2D eigenvalue weighted by molar-refractivity contribution is 0.0674. The molecule has 21 nitrogen and oxygen atoms in total. The van der Waals surface area contributed by atoms with Crippen molar-refractivity contribution in [1.29, 1.82) is 0 Å². The van der Waals surface area contributed by atoms with E-state index in [1.165, 1.54) is 15.7 Å².